The molecule has 2 amide bonds. The predicted octanol–water partition coefficient (Wildman–Crippen LogP) is 6.65. The molecule has 190 valence electrons. The Bertz CT molecular complexity index is 1680. The molecule has 1 atom stereocenters. The number of hydrogen-bond donors (Lipinski definition) is 0. The zero-order valence-electron chi connectivity index (χ0n) is 20.6. The van der Waals surface area contributed by atoms with Crippen LogP contribution >= 0.6 is 15.9 Å². The zero-order chi connectivity index (χ0) is 26.5. The van der Waals surface area contributed by atoms with Crippen LogP contribution in [0.25, 0.3) is 6.08 Å². The van der Waals surface area contributed by atoms with Crippen LogP contribution in [0.2, 0.25) is 0 Å². The van der Waals surface area contributed by atoms with Crippen molar-refractivity contribution in [3.05, 3.63) is 136 Å². The fourth-order valence-corrected chi connectivity index (χ4v) is 5.65. The highest BCUT2D eigenvalue weighted by atomic mass is 79.9. The number of amides is 2. The molecule has 0 aromatic heterocycles. The van der Waals surface area contributed by atoms with Gasteiger partial charge in [0.2, 0.25) is 6.79 Å². The maximum Gasteiger partial charge on any atom is 0.276 e. The number of hydrogen-bond acceptors (Lipinski definition) is 4. The van der Waals surface area contributed by atoms with Crippen LogP contribution in [-0.4, -0.2) is 18.6 Å². The Morgan fingerprint density at radius 2 is 1.41 bits per heavy atom. The topological polar surface area (TPSA) is 59.1 Å². The lowest BCUT2D eigenvalue weighted by atomic mass is 9.93. The second kappa shape index (κ2) is 9.29. The lowest BCUT2D eigenvalue weighted by Crippen LogP contribution is -2.38. The summed E-state index contributed by atoms with van der Waals surface area (Å²) < 4.78 is 12.0. The van der Waals surface area contributed by atoms with Gasteiger partial charge in [-0.25, -0.2) is 0 Å². The van der Waals surface area contributed by atoms with Crippen LogP contribution in [0.15, 0.2) is 124 Å². The van der Waals surface area contributed by atoms with Crippen LogP contribution in [0.3, 0.4) is 0 Å². The molecule has 6 nitrogen and oxygen atoms in total. The minimum Gasteiger partial charge on any atom is -0.454 e. The fourth-order valence-electron chi connectivity index (χ4n) is 5.38. The largest absolute Gasteiger partial charge is 0.454 e. The smallest absolute Gasteiger partial charge is 0.276 e. The second-order valence-electron chi connectivity index (χ2n) is 9.37. The van der Waals surface area contributed by atoms with Gasteiger partial charge in [0.15, 0.2) is 11.5 Å². The molecule has 0 saturated carbocycles. The molecule has 7 heteroatoms. The summed E-state index contributed by atoms with van der Waals surface area (Å²) >= 11 is 3.52. The number of carbonyl (C=O) groups is 2. The highest BCUT2D eigenvalue weighted by Gasteiger charge is 2.52. The molecule has 3 aliphatic rings. The Hall–Kier alpha value is -4.62. The molecule has 0 aliphatic carbocycles. The maximum absolute atomic E-state index is 14.3. The van der Waals surface area contributed by atoms with Crippen molar-refractivity contribution >= 4 is 45.2 Å². The Morgan fingerprint density at radius 1 is 0.744 bits per heavy atom. The first-order chi connectivity index (χ1) is 19.1. The molecule has 0 N–H and O–H groups in total. The van der Waals surface area contributed by atoms with E-state index in [0.717, 1.165) is 21.3 Å². The molecule has 0 bridgehead atoms. The van der Waals surface area contributed by atoms with E-state index in [9.17, 15) is 9.59 Å². The molecule has 0 saturated heterocycles. The molecule has 3 heterocycles. The van der Waals surface area contributed by atoms with E-state index in [4.69, 9.17) is 9.47 Å². The number of ether oxygens (including phenoxy) is 2. The number of halogens is 1. The summed E-state index contributed by atoms with van der Waals surface area (Å²) in [6.45, 7) is 0.164. The van der Waals surface area contributed by atoms with Crippen molar-refractivity contribution in [1.29, 1.82) is 0 Å². The van der Waals surface area contributed by atoms with Crippen molar-refractivity contribution in [2.45, 2.75) is 6.04 Å². The van der Waals surface area contributed by atoms with Crippen molar-refractivity contribution in [2.75, 3.05) is 16.6 Å². The normalized spacial score (nSPS) is 18.9. The standard InChI is InChI=1S/C32H21BrN2O4/c33-22-14-12-21(13-15-22)29-28-25(17-20-11-16-26-27(18-20)39-19-38-26)31(36)35(24-9-5-2-6-10-24)30(28)32(37)34(29)23-7-3-1-4-8-23/h1-18,29H,19H2/b25-17-. The molecule has 0 fully saturated rings. The lowest BCUT2D eigenvalue weighted by Gasteiger charge is -2.30. The minimum absolute atomic E-state index is 0.164. The van der Waals surface area contributed by atoms with Crippen LogP contribution in [0.4, 0.5) is 11.4 Å². The zero-order valence-corrected chi connectivity index (χ0v) is 22.2. The first kappa shape index (κ1) is 23.5. The fraction of sp³-hybridized carbons (Fsp3) is 0.0625. The number of nitrogens with zero attached hydrogens (tertiary/aromatic N) is 2. The molecular weight excluding hydrogens is 556 g/mol. The molecule has 3 aliphatic heterocycles. The van der Waals surface area contributed by atoms with Gasteiger partial charge < -0.3 is 9.47 Å². The molecule has 39 heavy (non-hydrogen) atoms. The van der Waals surface area contributed by atoms with E-state index in [1.807, 2.05) is 109 Å². The van der Waals surface area contributed by atoms with E-state index < -0.39 is 6.04 Å². The number of rotatable bonds is 4. The highest BCUT2D eigenvalue weighted by Crippen LogP contribution is 2.51. The summed E-state index contributed by atoms with van der Waals surface area (Å²) in [5.74, 6) is 0.823. The van der Waals surface area contributed by atoms with Crippen LogP contribution in [0.5, 0.6) is 11.5 Å². The second-order valence-corrected chi connectivity index (χ2v) is 10.3. The van der Waals surface area contributed by atoms with Crippen molar-refractivity contribution in [2.24, 2.45) is 0 Å². The Balaban J connectivity index is 1.46. The highest BCUT2D eigenvalue weighted by molar-refractivity contribution is 9.10. The number of fused-ring (bicyclic) bond motifs is 1. The van der Waals surface area contributed by atoms with E-state index >= 15 is 0 Å². The summed E-state index contributed by atoms with van der Waals surface area (Å²) in [4.78, 5) is 31.8. The minimum atomic E-state index is -0.499. The van der Waals surface area contributed by atoms with Gasteiger partial charge in [0.1, 0.15) is 5.70 Å². The Morgan fingerprint density at radius 3 is 2.13 bits per heavy atom. The quantitative estimate of drug-likeness (QED) is 0.255. The van der Waals surface area contributed by atoms with Gasteiger partial charge in [-0.3, -0.25) is 19.4 Å². The average Bonchev–Trinajstić information content (AvgIpc) is 3.63. The summed E-state index contributed by atoms with van der Waals surface area (Å²) in [6.07, 6.45) is 1.84. The van der Waals surface area contributed by atoms with Gasteiger partial charge in [-0.15, -0.1) is 0 Å². The molecule has 0 spiro atoms. The summed E-state index contributed by atoms with van der Waals surface area (Å²) in [5.41, 5.74) is 4.60. The number of para-hydroxylation sites is 2. The van der Waals surface area contributed by atoms with E-state index in [1.165, 1.54) is 0 Å². The monoisotopic (exact) mass is 576 g/mol. The van der Waals surface area contributed by atoms with Crippen molar-refractivity contribution in [3.63, 3.8) is 0 Å². The first-order valence-electron chi connectivity index (χ1n) is 12.5. The molecule has 4 aromatic rings. The van der Waals surface area contributed by atoms with Crippen LogP contribution in [0, 0.1) is 0 Å². The van der Waals surface area contributed by atoms with Gasteiger partial charge in [0, 0.05) is 27.0 Å². The van der Waals surface area contributed by atoms with E-state index in [0.29, 0.717) is 34.0 Å². The third-order valence-corrected chi connectivity index (χ3v) is 7.63. The number of benzene rings is 4. The van der Waals surface area contributed by atoms with E-state index in [1.54, 1.807) is 9.80 Å². The molecular formula is C32H21BrN2O4. The van der Waals surface area contributed by atoms with Gasteiger partial charge in [-0.1, -0.05) is 70.5 Å². The number of anilines is 2. The molecule has 7 rings (SSSR count). The van der Waals surface area contributed by atoms with Crippen LogP contribution in [-0.2, 0) is 9.59 Å². The summed E-state index contributed by atoms with van der Waals surface area (Å²) in [7, 11) is 0. The molecule has 0 radical (unpaired) electrons. The summed E-state index contributed by atoms with van der Waals surface area (Å²) in [5, 5.41) is 0. The van der Waals surface area contributed by atoms with Gasteiger partial charge >= 0.3 is 0 Å². The lowest BCUT2D eigenvalue weighted by molar-refractivity contribution is -0.118. The summed E-state index contributed by atoms with van der Waals surface area (Å²) in [6, 6.07) is 31.9. The first-order valence-corrected chi connectivity index (χ1v) is 13.3. The van der Waals surface area contributed by atoms with E-state index in [-0.39, 0.29) is 18.6 Å². The number of carbonyl (C=O) groups excluding carboxylic acids is 2. The SMILES string of the molecule is O=C1/C(=C\c2ccc3c(c2)OCO3)C2=C(C(=O)N(c3ccccc3)C2c2ccc(Br)cc2)N1c1ccccc1. The van der Waals surface area contributed by atoms with Crippen LogP contribution < -0.4 is 19.3 Å². The van der Waals surface area contributed by atoms with Gasteiger partial charge in [-0.05, 0) is 65.7 Å². The third kappa shape index (κ3) is 3.85. The van der Waals surface area contributed by atoms with E-state index in [2.05, 4.69) is 15.9 Å². The molecule has 4 aromatic carbocycles. The third-order valence-electron chi connectivity index (χ3n) is 7.10. The van der Waals surface area contributed by atoms with Gasteiger partial charge in [0.05, 0.1) is 6.04 Å². The average molecular weight is 577 g/mol. The van der Waals surface area contributed by atoms with Crippen molar-refractivity contribution in [1.82, 2.24) is 0 Å². The maximum atomic E-state index is 14.3. The van der Waals surface area contributed by atoms with Gasteiger partial charge in [0.25, 0.3) is 11.8 Å². The van der Waals surface area contributed by atoms with Crippen LogP contribution in [0.1, 0.15) is 17.2 Å². The Kier molecular flexibility index (Phi) is 5.60. The Labute approximate surface area is 233 Å². The van der Waals surface area contributed by atoms with Crippen molar-refractivity contribution < 1.29 is 19.1 Å². The molecule has 1 unspecified atom stereocenters. The van der Waals surface area contributed by atoms with Gasteiger partial charge in [-0.2, -0.15) is 0 Å². The predicted molar refractivity (Wildman–Crippen MR) is 152 cm³/mol. The van der Waals surface area contributed by atoms with Crippen molar-refractivity contribution in [3.8, 4) is 11.5 Å².